The molecule has 0 radical (unpaired) electrons. The number of aliphatic hydroxyl groups excluding tert-OH is 1. The number of likely N-dealkylation sites (N-methyl/N-ethyl adjacent to an activating group) is 1. The molecule has 0 saturated carbocycles. The molecule has 0 aromatic carbocycles. The predicted octanol–water partition coefficient (Wildman–Crippen LogP) is 17.0. The van der Waals surface area contributed by atoms with Gasteiger partial charge in [0.2, 0.25) is 5.91 Å². The number of unbranched alkanes of at least 4 members (excludes halogenated alkanes) is 35. The summed E-state index contributed by atoms with van der Waals surface area (Å²) in [5.74, 6) is -0.189. The van der Waals surface area contributed by atoms with Crippen molar-refractivity contribution < 1.29 is 32.9 Å². The Morgan fingerprint density at radius 1 is 0.515 bits per heavy atom. The van der Waals surface area contributed by atoms with E-state index in [1.807, 2.05) is 27.2 Å². The molecule has 0 heterocycles. The molecule has 3 unspecified atom stereocenters. The normalized spacial score (nSPS) is 14.2. The minimum absolute atomic E-state index is 0.0587. The summed E-state index contributed by atoms with van der Waals surface area (Å²) >= 11 is 0. The smallest absolute Gasteiger partial charge is 0.387 e. The number of amides is 1. The number of nitrogens with one attached hydrogen (secondary N) is 1. The number of nitrogens with zero attached hydrogens (tertiary/aromatic N) is 1. The monoisotopic (exact) mass is 952 g/mol. The van der Waals surface area contributed by atoms with Crippen molar-refractivity contribution >= 4 is 13.7 Å². The molecule has 0 rings (SSSR count). The van der Waals surface area contributed by atoms with Crippen LogP contribution >= 0.6 is 7.82 Å². The fourth-order valence-electron chi connectivity index (χ4n) is 8.35. The second kappa shape index (κ2) is 48.7. The minimum Gasteiger partial charge on any atom is -0.387 e. The zero-order valence-corrected chi connectivity index (χ0v) is 45.3. The van der Waals surface area contributed by atoms with Crippen LogP contribution in [-0.4, -0.2) is 73.4 Å². The molecular weight excluding hydrogens is 840 g/mol. The van der Waals surface area contributed by atoms with Crippen molar-refractivity contribution in [1.82, 2.24) is 5.32 Å². The van der Waals surface area contributed by atoms with Gasteiger partial charge in [-0.25, -0.2) is 4.57 Å². The number of allylic oxidation sites excluding steroid dienone is 5. The summed E-state index contributed by atoms with van der Waals surface area (Å²) in [6, 6.07) is -0.854. The Kier molecular flexibility index (Phi) is 47.8. The Morgan fingerprint density at radius 3 is 1.29 bits per heavy atom. The number of rotatable bonds is 52. The number of quaternary nitrogens is 1. The van der Waals surface area contributed by atoms with Gasteiger partial charge in [-0.15, -0.1) is 0 Å². The van der Waals surface area contributed by atoms with Crippen LogP contribution in [-0.2, 0) is 18.4 Å². The summed E-state index contributed by atoms with van der Waals surface area (Å²) in [5, 5.41) is 13.9. The van der Waals surface area contributed by atoms with Crippen molar-refractivity contribution in [2.24, 2.45) is 0 Å². The van der Waals surface area contributed by atoms with E-state index in [-0.39, 0.29) is 19.1 Å². The number of carbonyl (C=O) groups is 1. The highest BCUT2D eigenvalue weighted by Gasteiger charge is 2.27. The molecular formula is C57H112N2O6P+. The molecule has 0 aromatic rings. The first-order valence-corrected chi connectivity index (χ1v) is 29.9. The van der Waals surface area contributed by atoms with E-state index in [9.17, 15) is 19.4 Å². The van der Waals surface area contributed by atoms with E-state index in [0.717, 1.165) is 64.2 Å². The Labute approximate surface area is 410 Å². The SMILES string of the molecule is CCCC/C=C\C/C=C\CCCCCCCC(=O)NC(COP(=O)(O)OCC[N+](C)(C)C)C(O)/C=C/CCCCCCCCCCCCCCCCCCCCCCCCCCCCCC. The number of hydrogen-bond acceptors (Lipinski definition) is 5. The third kappa shape index (κ3) is 50.6. The van der Waals surface area contributed by atoms with Crippen LogP contribution in [0.15, 0.2) is 36.5 Å². The summed E-state index contributed by atoms with van der Waals surface area (Å²) in [7, 11) is 1.57. The highest BCUT2D eigenvalue weighted by atomic mass is 31.2. The van der Waals surface area contributed by atoms with Crippen molar-refractivity contribution in [3.05, 3.63) is 36.5 Å². The average molecular weight is 953 g/mol. The van der Waals surface area contributed by atoms with Crippen LogP contribution in [0.25, 0.3) is 0 Å². The molecule has 66 heavy (non-hydrogen) atoms. The Morgan fingerprint density at radius 2 is 0.879 bits per heavy atom. The van der Waals surface area contributed by atoms with Crippen molar-refractivity contribution in [3.8, 4) is 0 Å². The molecule has 0 spiro atoms. The van der Waals surface area contributed by atoms with Gasteiger partial charge in [0.1, 0.15) is 13.2 Å². The standard InChI is InChI=1S/C57H111N2O6P/c1-6-8-10-12-14-16-18-20-22-23-24-25-26-27-28-29-30-31-32-33-34-35-36-37-38-40-42-44-46-48-50-56(60)55(54-65-66(62,63)64-53-52-59(3,4)5)58-57(61)51-49-47-45-43-41-39-21-19-17-15-13-11-9-7-2/h13,15,19,21,48,50,55-56,60H,6-12,14,16-18,20,22-47,49,51-54H2,1-5H3,(H-,58,61,62,63)/p+1/b15-13-,21-19-,50-48+. The molecule has 0 aliphatic heterocycles. The summed E-state index contributed by atoms with van der Waals surface area (Å²) < 4.78 is 23.7. The second-order valence-corrected chi connectivity index (χ2v) is 22.1. The van der Waals surface area contributed by atoms with E-state index in [1.54, 1.807) is 6.08 Å². The average Bonchev–Trinajstić information content (AvgIpc) is 3.28. The van der Waals surface area contributed by atoms with E-state index in [2.05, 4.69) is 43.5 Å². The Balaban J connectivity index is 4.11. The van der Waals surface area contributed by atoms with Crippen LogP contribution < -0.4 is 5.32 Å². The second-order valence-electron chi connectivity index (χ2n) is 20.7. The highest BCUT2D eigenvalue weighted by molar-refractivity contribution is 7.47. The zero-order chi connectivity index (χ0) is 48.5. The van der Waals surface area contributed by atoms with Gasteiger partial charge in [0.25, 0.3) is 0 Å². The number of carbonyl (C=O) groups excluding carboxylic acids is 1. The van der Waals surface area contributed by atoms with Crippen molar-refractivity contribution in [1.29, 1.82) is 0 Å². The van der Waals surface area contributed by atoms with Gasteiger partial charge in [-0.2, -0.15) is 0 Å². The van der Waals surface area contributed by atoms with Crippen molar-refractivity contribution in [2.75, 3.05) is 40.9 Å². The Hall–Kier alpha value is -1.28. The third-order valence-electron chi connectivity index (χ3n) is 12.9. The maximum Gasteiger partial charge on any atom is 0.472 e. The number of aliphatic hydroxyl groups is 1. The summed E-state index contributed by atoms with van der Waals surface area (Å²) in [6.45, 7) is 4.79. The maximum atomic E-state index is 12.9. The minimum atomic E-state index is -4.35. The third-order valence-corrected chi connectivity index (χ3v) is 13.8. The molecule has 0 bridgehead atoms. The quantitative estimate of drug-likeness (QED) is 0.0243. The van der Waals surface area contributed by atoms with Crippen LogP contribution in [0.3, 0.4) is 0 Å². The van der Waals surface area contributed by atoms with Crippen LogP contribution in [0.4, 0.5) is 0 Å². The van der Waals surface area contributed by atoms with Crippen LogP contribution in [0.2, 0.25) is 0 Å². The van der Waals surface area contributed by atoms with Crippen LogP contribution in [0.5, 0.6) is 0 Å². The van der Waals surface area contributed by atoms with Gasteiger partial charge in [0.05, 0.1) is 39.9 Å². The van der Waals surface area contributed by atoms with E-state index < -0.39 is 20.0 Å². The molecule has 0 saturated heterocycles. The van der Waals surface area contributed by atoms with Gasteiger partial charge in [-0.1, -0.05) is 256 Å². The van der Waals surface area contributed by atoms with Crippen molar-refractivity contribution in [3.63, 3.8) is 0 Å². The largest absolute Gasteiger partial charge is 0.472 e. The highest BCUT2D eigenvalue weighted by Crippen LogP contribution is 2.43. The fraction of sp³-hybridized carbons (Fsp3) is 0.877. The van der Waals surface area contributed by atoms with Gasteiger partial charge in [0.15, 0.2) is 0 Å². The number of phosphoric ester groups is 1. The molecule has 1 amide bonds. The van der Waals surface area contributed by atoms with Gasteiger partial charge < -0.3 is 19.8 Å². The van der Waals surface area contributed by atoms with Crippen LogP contribution in [0, 0.1) is 0 Å². The molecule has 390 valence electrons. The zero-order valence-electron chi connectivity index (χ0n) is 44.4. The molecule has 0 fully saturated rings. The molecule has 0 aromatic heterocycles. The Bertz CT molecular complexity index is 1170. The lowest BCUT2D eigenvalue weighted by molar-refractivity contribution is -0.870. The van der Waals surface area contributed by atoms with E-state index in [0.29, 0.717) is 17.4 Å². The summed E-state index contributed by atoms with van der Waals surface area (Å²) in [4.78, 5) is 23.2. The van der Waals surface area contributed by atoms with E-state index >= 15 is 0 Å². The van der Waals surface area contributed by atoms with E-state index in [4.69, 9.17) is 9.05 Å². The van der Waals surface area contributed by atoms with Gasteiger partial charge in [-0.05, 0) is 44.9 Å². The molecule has 0 aliphatic carbocycles. The first-order chi connectivity index (χ1) is 32.0. The first kappa shape index (κ1) is 64.7. The topological polar surface area (TPSA) is 105 Å². The van der Waals surface area contributed by atoms with Gasteiger partial charge in [-0.3, -0.25) is 13.8 Å². The maximum absolute atomic E-state index is 12.9. The number of hydrogen-bond donors (Lipinski definition) is 3. The lowest BCUT2D eigenvalue weighted by atomic mass is 10.0. The van der Waals surface area contributed by atoms with Gasteiger partial charge in [0, 0.05) is 6.42 Å². The van der Waals surface area contributed by atoms with Crippen molar-refractivity contribution in [2.45, 2.75) is 283 Å². The van der Waals surface area contributed by atoms with Crippen LogP contribution in [0.1, 0.15) is 271 Å². The number of phosphoric acid groups is 1. The van der Waals surface area contributed by atoms with Gasteiger partial charge >= 0.3 is 7.82 Å². The fourth-order valence-corrected chi connectivity index (χ4v) is 9.09. The molecule has 9 heteroatoms. The lowest BCUT2D eigenvalue weighted by Gasteiger charge is -2.25. The summed E-state index contributed by atoms with van der Waals surface area (Å²) in [5.41, 5.74) is 0. The van der Waals surface area contributed by atoms with E-state index in [1.165, 1.54) is 186 Å². The molecule has 3 N–H and O–H groups in total. The lowest BCUT2D eigenvalue weighted by Crippen LogP contribution is -2.45. The first-order valence-electron chi connectivity index (χ1n) is 28.4. The molecule has 3 atom stereocenters. The predicted molar refractivity (Wildman–Crippen MR) is 286 cm³/mol. The molecule has 0 aliphatic rings. The molecule has 8 nitrogen and oxygen atoms in total. The summed E-state index contributed by atoms with van der Waals surface area (Å²) in [6.07, 6.45) is 62.6.